The first-order valence-corrected chi connectivity index (χ1v) is 17.7. The van der Waals surface area contributed by atoms with Crippen LogP contribution in [0, 0.1) is 46.3 Å². The quantitative estimate of drug-likeness (QED) is 0.195. The summed E-state index contributed by atoms with van der Waals surface area (Å²) in [5, 5.41) is 0. The molecule has 6 heteroatoms. The maximum Gasteiger partial charge on any atom is 0.303 e. The molecule has 0 spiro atoms. The van der Waals surface area contributed by atoms with Gasteiger partial charge in [-0.1, -0.05) is 65.5 Å². The highest BCUT2D eigenvalue weighted by atomic mass is 16.7. The Morgan fingerprint density at radius 2 is 1.72 bits per heavy atom. The number of ether oxygens (including phenoxy) is 4. The molecule has 0 bridgehead atoms. The molecule has 6 nitrogen and oxygen atoms in total. The van der Waals surface area contributed by atoms with E-state index in [2.05, 4.69) is 40.7 Å². The van der Waals surface area contributed by atoms with E-state index in [1.54, 1.807) is 5.57 Å². The second-order valence-corrected chi connectivity index (χ2v) is 16.0. The largest absolute Gasteiger partial charge is 0.458 e. The minimum Gasteiger partial charge on any atom is -0.458 e. The Hall–Kier alpha value is -1.40. The molecule has 0 aromatic carbocycles. The third-order valence-corrected chi connectivity index (χ3v) is 12.8. The van der Waals surface area contributed by atoms with Crippen molar-refractivity contribution in [2.75, 3.05) is 0 Å². The van der Waals surface area contributed by atoms with Gasteiger partial charge in [0.2, 0.25) is 0 Å². The summed E-state index contributed by atoms with van der Waals surface area (Å²) in [6, 6.07) is 0. The van der Waals surface area contributed by atoms with Crippen LogP contribution in [0.3, 0.4) is 0 Å². The van der Waals surface area contributed by atoms with Gasteiger partial charge in [0.25, 0.3) is 0 Å². The Balaban J connectivity index is 1.22. The lowest BCUT2D eigenvalue weighted by Gasteiger charge is -2.58. The van der Waals surface area contributed by atoms with Crippen LogP contribution in [0.15, 0.2) is 11.6 Å². The molecule has 1 unspecified atom stereocenters. The number of hydrogen-bond acceptors (Lipinski definition) is 6. The third-order valence-electron chi connectivity index (χ3n) is 12.8. The van der Waals surface area contributed by atoms with Gasteiger partial charge >= 0.3 is 11.9 Å². The van der Waals surface area contributed by atoms with Crippen LogP contribution in [0.1, 0.15) is 132 Å². The molecule has 1 saturated heterocycles. The van der Waals surface area contributed by atoms with Gasteiger partial charge in [0.1, 0.15) is 6.10 Å². The second-order valence-electron chi connectivity index (χ2n) is 16.0. The Morgan fingerprint density at radius 3 is 2.42 bits per heavy atom. The van der Waals surface area contributed by atoms with Crippen molar-refractivity contribution in [3.05, 3.63) is 11.6 Å². The second kappa shape index (κ2) is 13.1. The van der Waals surface area contributed by atoms with Crippen molar-refractivity contribution in [2.24, 2.45) is 46.3 Å². The van der Waals surface area contributed by atoms with Crippen molar-refractivity contribution < 1.29 is 28.5 Å². The molecule has 0 amide bonds. The normalized spacial score (nSPS) is 43.2. The first kappa shape index (κ1) is 33.0. The molecule has 0 N–H and O–H groups in total. The van der Waals surface area contributed by atoms with Crippen molar-refractivity contribution in [3.63, 3.8) is 0 Å². The highest BCUT2D eigenvalue weighted by Crippen LogP contribution is 2.67. The number of rotatable bonds is 9. The van der Waals surface area contributed by atoms with Crippen molar-refractivity contribution in [1.82, 2.24) is 0 Å². The average molecular weight is 601 g/mol. The fraction of sp³-hybridized carbons (Fsp3) is 0.892. The van der Waals surface area contributed by atoms with Crippen molar-refractivity contribution in [2.45, 2.75) is 163 Å². The molecular formula is C37H60O6. The van der Waals surface area contributed by atoms with Gasteiger partial charge in [0.15, 0.2) is 12.4 Å². The van der Waals surface area contributed by atoms with E-state index >= 15 is 0 Å². The van der Waals surface area contributed by atoms with Gasteiger partial charge in [-0.2, -0.15) is 0 Å². The van der Waals surface area contributed by atoms with E-state index in [9.17, 15) is 9.59 Å². The molecule has 244 valence electrons. The minimum absolute atomic E-state index is 0.0905. The summed E-state index contributed by atoms with van der Waals surface area (Å²) >= 11 is 0. The zero-order chi connectivity index (χ0) is 31.1. The zero-order valence-corrected chi connectivity index (χ0v) is 28.4. The number of fused-ring (bicyclic) bond motifs is 5. The SMILES string of the molecule is CC(=O)O[C@@H]1[C@@H](C)O[C@@H](OC2CC[C@@]3(C)C(=CC[C@H]4[C@@H]5CC[C@H]([C@H](C)CCCC(C)C)[C@@]5(C)CC[C@@H]43)C2)C[C@H]1OC(C)=O. The van der Waals surface area contributed by atoms with E-state index in [0.29, 0.717) is 11.8 Å². The summed E-state index contributed by atoms with van der Waals surface area (Å²) < 4.78 is 23.8. The monoisotopic (exact) mass is 600 g/mol. The summed E-state index contributed by atoms with van der Waals surface area (Å²) in [7, 11) is 0. The first-order valence-electron chi connectivity index (χ1n) is 17.7. The predicted octanol–water partition coefficient (Wildman–Crippen LogP) is 8.41. The fourth-order valence-electron chi connectivity index (χ4n) is 10.8. The summed E-state index contributed by atoms with van der Waals surface area (Å²) in [4.78, 5) is 23.5. The van der Waals surface area contributed by atoms with Crippen LogP contribution in [0.5, 0.6) is 0 Å². The summed E-state index contributed by atoms with van der Waals surface area (Å²) in [6.45, 7) is 17.1. The van der Waals surface area contributed by atoms with Gasteiger partial charge in [-0.05, 0) is 105 Å². The lowest BCUT2D eigenvalue weighted by Crippen LogP contribution is -2.53. The van der Waals surface area contributed by atoms with Crippen molar-refractivity contribution in [3.8, 4) is 0 Å². The fourth-order valence-corrected chi connectivity index (χ4v) is 10.8. The number of allylic oxidation sites excluding steroid dienone is 1. The van der Waals surface area contributed by atoms with Crippen LogP contribution < -0.4 is 0 Å². The highest BCUT2D eigenvalue weighted by molar-refractivity contribution is 5.67. The van der Waals surface area contributed by atoms with E-state index in [4.69, 9.17) is 18.9 Å². The van der Waals surface area contributed by atoms with Gasteiger partial charge in [-0.3, -0.25) is 9.59 Å². The van der Waals surface area contributed by atoms with Crippen LogP contribution in [0.4, 0.5) is 0 Å². The molecule has 4 fully saturated rings. The molecule has 0 aromatic rings. The van der Waals surface area contributed by atoms with Crippen LogP contribution in [-0.4, -0.2) is 42.6 Å². The standard InChI is InChI=1S/C37H60O6/c1-22(2)10-9-11-23(3)30-14-15-31-29-13-12-27-20-28(16-18-36(27,7)32(29)17-19-37(30,31)8)43-34-21-33(41-25(5)38)35(24(4)40-34)42-26(6)39/h12,22-24,28-35H,9-11,13-21H2,1-8H3/t23-,24-,28?,29+,30-,31+,32+,33-,34+,35-,36+,37-/m1/s1. The lowest BCUT2D eigenvalue weighted by molar-refractivity contribution is -0.269. The van der Waals surface area contributed by atoms with Crippen molar-refractivity contribution >= 4 is 11.9 Å². The number of esters is 2. The van der Waals surface area contributed by atoms with Gasteiger partial charge < -0.3 is 18.9 Å². The molecule has 0 aromatic heterocycles. The van der Waals surface area contributed by atoms with E-state index in [1.165, 1.54) is 65.2 Å². The van der Waals surface area contributed by atoms with E-state index in [0.717, 1.165) is 54.8 Å². The molecule has 3 saturated carbocycles. The maximum atomic E-state index is 11.8. The minimum atomic E-state index is -0.621. The van der Waals surface area contributed by atoms with Crippen LogP contribution >= 0.6 is 0 Å². The van der Waals surface area contributed by atoms with Crippen molar-refractivity contribution in [1.29, 1.82) is 0 Å². The molecule has 1 aliphatic heterocycles. The van der Waals surface area contributed by atoms with Gasteiger partial charge in [0.05, 0.1) is 12.2 Å². The van der Waals surface area contributed by atoms with E-state index in [-0.39, 0.29) is 17.5 Å². The Labute approximate surface area is 261 Å². The summed E-state index contributed by atoms with van der Waals surface area (Å²) in [5.74, 6) is 4.23. The molecule has 12 atom stereocenters. The van der Waals surface area contributed by atoms with Crippen LogP contribution in [-0.2, 0) is 28.5 Å². The smallest absolute Gasteiger partial charge is 0.303 e. The van der Waals surface area contributed by atoms with Gasteiger partial charge in [-0.25, -0.2) is 0 Å². The molecule has 5 rings (SSSR count). The average Bonchev–Trinajstić information content (AvgIpc) is 3.27. The van der Waals surface area contributed by atoms with Crippen LogP contribution in [0.2, 0.25) is 0 Å². The number of hydrogen-bond donors (Lipinski definition) is 0. The molecule has 0 radical (unpaired) electrons. The highest BCUT2D eigenvalue weighted by Gasteiger charge is 2.59. The Kier molecular flexibility index (Phi) is 10.1. The molecule has 4 aliphatic carbocycles. The Bertz CT molecular complexity index is 1040. The maximum absolute atomic E-state index is 11.8. The summed E-state index contributed by atoms with van der Waals surface area (Å²) in [5.41, 5.74) is 2.38. The van der Waals surface area contributed by atoms with Crippen LogP contribution in [0.25, 0.3) is 0 Å². The van der Waals surface area contributed by atoms with Gasteiger partial charge in [0, 0.05) is 20.3 Å². The number of carbonyl (C=O) groups is 2. The Morgan fingerprint density at radius 1 is 0.977 bits per heavy atom. The molecular weight excluding hydrogens is 540 g/mol. The molecule has 43 heavy (non-hydrogen) atoms. The molecule has 5 aliphatic rings. The van der Waals surface area contributed by atoms with Gasteiger partial charge in [-0.15, -0.1) is 0 Å². The number of carbonyl (C=O) groups excluding carboxylic acids is 2. The first-order chi connectivity index (χ1) is 20.3. The zero-order valence-electron chi connectivity index (χ0n) is 28.4. The third kappa shape index (κ3) is 6.76. The lowest BCUT2D eigenvalue weighted by atomic mass is 9.47. The summed E-state index contributed by atoms with van der Waals surface area (Å²) in [6.07, 6.45) is 15.1. The predicted molar refractivity (Wildman–Crippen MR) is 168 cm³/mol. The van der Waals surface area contributed by atoms with E-state index in [1.807, 2.05) is 6.92 Å². The van der Waals surface area contributed by atoms with E-state index < -0.39 is 30.6 Å². The topological polar surface area (TPSA) is 71.1 Å². The molecule has 1 heterocycles.